The van der Waals surface area contributed by atoms with Crippen molar-refractivity contribution in [3.8, 4) is 0 Å². The Morgan fingerprint density at radius 2 is 2.22 bits per heavy atom. The van der Waals surface area contributed by atoms with Crippen LogP contribution in [-0.2, 0) is 9.53 Å². The summed E-state index contributed by atoms with van der Waals surface area (Å²) in [6, 6.07) is 1.93. The van der Waals surface area contributed by atoms with Gasteiger partial charge in [0, 0.05) is 17.8 Å². The molecule has 4 unspecified atom stereocenters. The number of ether oxygens (including phenoxy) is 1. The quantitative estimate of drug-likeness (QED) is 0.609. The molecule has 1 heterocycles. The zero-order valence-electron chi connectivity index (χ0n) is 10.2. The first-order chi connectivity index (χ1) is 8.69. The van der Waals surface area contributed by atoms with Crippen molar-refractivity contribution in [1.82, 2.24) is 9.97 Å². The average Bonchev–Trinajstić information content (AvgIpc) is 2.97. The highest BCUT2D eigenvalue weighted by Gasteiger charge is 2.49. The third kappa shape index (κ3) is 1.88. The maximum absolute atomic E-state index is 11.6. The van der Waals surface area contributed by atoms with Crippen LogP contribution in [0.3, 0.4) is 0 Å². The largest absolute Gasteiger partial charge is 0.469 e. The molecule has 0 radical (unpaired) electrons. The summed E-state index contributed by atoms with van der Waals surface area (Å²) >= 11 is 5.83. The number of hydrogen-bond donors (Lipinski definition) is 0. The fourth-order valence-corrected chi connectivity index (χ4v) is 3.79. The van der Waals surface area contributed by atoms with Crippen LogP contribution in [0.15, 0.2) is 12.3 Å². The minimum absolute atomic E-state index is 0.0540. The van der Waals surface area contributed by atoms with Crippen molar-refractivity contribution < 1.29 is 9.53 Å². The Kier molecular flexibility index (Phi) is 2.98. The molecule has 0 amide bonds. The first-order valence-corrected chi connectivity index (χ1v) is 6.63. The number of carbonyl (C=O) groups excluding carboxylic acids is 1. The van der Waals surface area contributed by atoms with Crippen molar-refractivity contribution in [1.29, 1.82) is 0 Å². The normalized spacial score (nSPS) is 33.7. The minimum atomic E-state index is -0.0540. The maximum Gasteiger partial charge on any atom is 0.308 e. The van der Waals surface area contributed by atoms with Gasteiger partial charge in [-0.1, -0.05) is 0 Å². The Bertz CT molecular complexity index is 480. The number of methoxy groups -OCH3 is 1. The molecule has 4 atom stereocenters. The van der Waals surface area contributed by atoms with Crippen molar-refractivity contribution in [2.75, 3.05) is 7.11 Å². The topological polar surface area (TPSA) is 52.1 Å². The van der Waals surface area contributed by atoms with Gasteiger partial charge in [0.15, 0.2) is 0 Å². The summed E-state index contributed by atoms with van der Waals surface area (Å²) in [6.45, 7) is 0. The molecule has 2 aliphatic carbocycles. The lowest BCUT2D eigenvalue weighted by Crippen LogP contribution is -2.25. The van der Waals surface area contributed by atoms with Gasteiger partial charge < -0.3 is 4.74 Å². The van der Waals surface area contributed by atoms with E-state index >= 15 is 0 Å². The van der Waals surface area contributed by atoms with E-state index in [4.69, 9.17) is 16.3 Å². The van der Waals surface area contributed by atoms with E-state index in [0.29, 0.717) is 23.0 Å². The second kappa shape index (κ2) is 4.50. The van der Waals surface area contributed by atoms with Crippen LogP contribution in [-0.4, -0.2) is 23.0 Å². The van der Waals surface area contributed by atoms with Gasteiger partial charge >= 0.3 is 5.97 Å². The van der Waals surface area contributed by atoms with Crippen molar-refractivity contribution in [3.63, 3.8) is 0 Å². The van der Waals surface area contributed by atoms with Gasteiger partial charge in [-0.05, 0) is 48.8 Å². The molecule has 2 saturated carbocycles. The minimum Gasteiger partial charge on any atom is -0.469 e. The predicted molar refractivity (Wildman–Crippen MR) is 66.1 cm³/mol. The molecular weight excluding hydrogens is 252 g/mol. The summed E-state index contributed by atoms with van der Waals surface area (Å²) in [4.78, 5) is 19.8. The lowest BCUT2D eigenvalue weighted by molar-refractivity contribution is -0.147. The Balaban J connectivity index is 1.76. The van der Waals surface area contributed by atoms with Gasteiger partial charge in [-0.3, -0.25) is 4.79 Å². The number of halogens is 1. The van der Waals surface area contributed by atoms with Gasteiger partial charge in [0.25, 0.3) is 0 Å². The molecule has 2 fully saturated rings. The highest BCUT2D eigenvalue weighted by Crippen LogP contribution is 2.55. The number of aromatic nitrogens is 2. The molecule has 0 N–H and O–H groups in total. The van der Waals surface area contributed by atoms with E-state index in [1.165, 1.54) is 7.11 Å². The molecule has 2 aliphatic rings. The van der Waals surface area contributed by atoms with E-state index in [-0.39, 0.29) is 11.9 Å². The summed E-state index contributed by atoms with van der Waals surface area (Å²) in [5, 5.41) is 0.305. The van der Waals surface area contributed by atoms with Gasteiger partial charge in [0.2, 0.25) is 5.28 Å². The first kappa shape index (κ1) is 11.9. The van der Waals surface area contributed by atoms with Crippen LogP contribution in [0.4, 0.5) is 0 Å². The monoisotopic (exact) mass is 266 g/mol. The lowest BCUT2D eigenvalue weighted by atomic mass is 9.80. The molecule has 4 nitrogen and oxygen atoms in total. The molecule has 0 aromatic carbocycles. The predicted octanol–water partition coefficient (Wildman–Crippen LogP) is 2.43. The van der Waals surface area contributed by atoms with E-state index < -0.39 is 0 Å². The van der Waals surface area contributed by atoms with E-state index in [2.05, 4.69) is 9.97 Å². The van der Waals surface area contributed by atoms with E-state index in [9.17, 15) is 4.79 Å². The Morgan fingerprint density at radius 1 is 1.39 bits per heavy atom. The molecule has 0 aliphatic heterocycles. The van der Waals surface area contributed by atoms with Gasteiger partial charge in [0.05, 0.1) is 13.0 Å². The van der Waals surface area contributed by atoms with Crippen LogP contribution < -0.4 is 0 Å². The fourth-order valence-electron chi connectivity index (χ4n) is 3.63. The van der Waals surface area contributed by atoms with E-state index in [1.807, 2.05) is 6.07 Å². The number of carbonyl (C=O) groups is 1. The Morgan fingerprint density at radius 3 is 2.83 bits per heavy atom. The number of rotatable bonds is 2. The molecule has 0 saturated heterocycles. The maximum atomic E-state index is 11.6. The second-order valence-corrected chi connectivity index (χ2v) is 5.55. The van der Waals surface area contributed by atoms with Gasteiger partial charge in [0.1, 0.15) is 0 Å². The molecule has 1 aromatic rings. The van der Waals surface area contributed by atoms with Crippen LogP contribution in [0.1, 0.15) is 30.9 Å². The van der Waals surface area contributed by atoms with E-state index in [1.54, 1.807) is 6.20 Å². The molecular formula is C13H15ClN2O2. The molecule has 96 valence electrons. The first-order valence-electron chi connectivity index (χ1n) is 6.25. The fraction of sp³-hybridized carbons (Fsp3) is 0.615. The van der Waals surface area contributed by atoms with Crippen molar-refractivity contribution in [2.45, 2.75) is 25.2 Å². The highest BCUT2D eigenvalue weighted by atomic mass is 35.5. The SMILES string of the molecule is COC(=O)C1CC2CC1CC2c1ccnc(Cl)n1. The van der Waals surface area contributed by atoms with Gasteiger partial charge in [-0.15, -0.1) is 0 Å². The van der Waals surface area contributed by atoms with Crippen LogP contribution in [0.25, 0.3) is 0 Å². The molecule has 5 heteroatoms. The summed E-state index contributed by atoms with van der Waals surface area (Å²) in [6.07, 6.45) is 4.74. The third-order valence-electron chi connectivity index (χ3n) is 4.39. The van der Waals surface area contributed by atoms with Crippen LogP contribution in [0, 0.1) is 17.8 Å². The number of esters is 1. The number of fused-ring (bicyclic) bond motifs is 2. The molecule has 3 rings (SSSR count). The highest BCUT2D eigenvalue weighted by molar-refractivity contribution is 6.28. The standard InChI is InChI=1S/C13H15ClN2O2/c1-18-12(17)10-6-7-4-8(10)5-9(7)11-2-3-15-13(14)16-11/h2-3,7-10H,4-6H2,1H3. The summed E-state index contributed by atoms with van der Waals surface area (Å²) in [5.74, 6) is 1.44. The average molecular weight is 267 g/mol. The van der Waals surface area contributed by atoms with Gasteiger partial charge in [-0.2, -0.15) is 0 Å². The summed E-state index contributed by atoms with van der Waals surface area (Å²) in [7, 11) is 1.47. The second-order valence-electron chi connectivity index (χ2n) is 5.21. The lowest BCUT2D eigenvalue weighted by Gasteiger charge is -2.25. The van der Waals surface area contributed by atoms with Crippen molar-refractivity contribution >= 4 is 17.6 Å². The zero-order valence-corrected chi connectivity index (χ0v) is 10.9. The van der Waals surface area contributed by atoms with Crippen LogP contribution in [0.2, 0.25) is 5.28 Å². The van der Waals surface area contributed by atoms with E-state index in [0.717, 1.165) is 25.0 Å². The van der Waals surface area contributed by atoms with Crippen LogP contribution >= 0.6 is 11.6 Å². The summed E-state index contributed by atoms with van der Waals surface area (Å²) in [5.41, 5.74) is 1.02. The van der Waals surface area contributed by atoms with Crippen molar-refractivity contribution in [3.05, 3.63) is 23.2 Å². The van der Waals surface area contributed by atoms with Gasteiger partial charge in [-0.25, -0.2) is 9.97 Å². The molecule has 1 aromatic heterocycles. The van der Waals surface area contributed by atoms with Crippen LogP contribution in [0.5, 0.6) is 0 Å². The molecule has 0 spiro atoms. The molecule has 2 bridgehead atoms. The number of hydrogen-bond acceptors (Lipinski definition) is 4. The van der Waals surface area contributed by atoms with Crippen molar-refractivity contribution in [2.24, 2.45) is 17.8 Å². The summed E-state index contributed by atoms with van der Waals surface area (Å²) < 4.78 is 4.86. The smallest absolute Gasteiger partial charge is 0.308 e. The zero-order chi connectivity index (χ0) is 12.7. The number of nitrogens with zero attached hydrogens (tertiary/aromatic N) is 2. The third-order valence-corrected chi connectivity index (χ3v) is 4.57. The Labute approximate surface area is 111 Å². The molecule has 18 heavy (non-hydrogen) atoms. The Hall–Kier alpha value is -1.16.